The van der Waals surface area contributed by atoms with Gasteiger partial charge >= 0.3 is 0 Å². The van der Waals surface area contributed by atoms with Gasteiger partial charge in [0, 0.05) is 13.7 Å². The van der Waals surface area contributed by atoms with E-state index in [9.17, 15) is 8.42 Å². The molecule has 0 amide bonds. The lowest BCUT2D eigenvalue weighted by Crippen LogP contribution is -2.38. The molecule has 5 nitrogen and oxygen atoms in total. The molecule has 0 spiro atoms. The number of ether oxygens (including phenoxy) is 2. The summed E-state index contributed by atoms with van der Waals surface area (Å²) >= 11 is 0. The number of nitrogens with one attached hydrogen (secondary N) is 1. The van der Waals surface area contributed by atoms with E-state index in [4.69, 9.17) is 9.47 Å². The van der Waals surface area contributed by atoms with Crippen molar-refractivity contribution in [3.05, 3.63) is 29.8 Å². The Morgan fingerprint density at radius 1 is 1.12 bits per heavy atom. The second kappa shape index (κ2) is 8.32. The molecule has 2 rings (SSSR count). The minimum absolute atomic E-state index is 0.0701. The Morgan fingerprint density at radius 3 is 2.33 bits per heavy atom. The quantitative estimate of drug-likeness (QED) is 0.777. The zero-order chi connectivity index (χ0) is 17.6. The van der Waals surface area contributed by atoms with E-state index in [1.807, 2.05) is 24.3 Å². The third-order valence-corrected chi connectivity index (χ3v) is 6.02. The molecule has 0 atom stereocenters. The van der Waals surface area contributed by atoms with E-state index < -0.39 is 15.6 Å². The van der Waals surface area contributed by atoms with E-state index in [1.165, 1.54) is 26.4 Å². The van der Waals surface area contributed by atoms with Crippen molar-refractivity contribution in [2.75, 3.05) is 12.9 Å². The van der Waals surface area contributed by atoms with E-state index >= 15 is 0 Å². The molecule has 0 aromatic heterocycles. The van der Waals surface area contributed by atoms with Crippen LogP contribution in [0.4, 0.5) is 0 Å². The molecule has 6 heteroatoms. The number of benzene rings is 1. The molecule has 1 aliphatic carbocycles. The van der Waals surface area contributed by atoms with Gasteiger partial charge in [0.05, 0.1) is 17.5 Å². The zero-order valence-electron chi connectivity index (χ0n) is 14.9. The van der Waals surface area contributed by atoms with Crippen LogP contribution in [0.15, 0.2) is 24.3 Å². The van der Waals surface area contributed by atoms with Crippen LogP contribution in [0.25, 0.3) is 0 Å². The normalized spacial score (nSPS) is 17.0. The minimum atomic E-state index is -3.39. The summed E-state index contributed by atoms with van der Waals surface area (Å²) in [6.45, 7) is 3.78. The average Bonchev–Trinajstić information content (AvgIpc) is 2.54. The molecule has 0 heterocycles. The lowest BCUT2D eigenvalue weighted by Gasteiger charge is -2.23. The van der Waals surface area contributed by atoms with Gasteiger partial charge in [-0.1, -0.05) is 18.6 Å². The van der Waals surface area contributed by atoms with Gasteiger partial charge in [0.25, 0.3) is 0 Å². The van der Waals surface area contributed by atoms with Crippen LogP contribution in [0.1, 0.15) is 51.5 Å². The number of methoxy groups -OCH3 is 1. The Labute approximate surface area is 145 Å². The third kappa shape index (κ3) is 6.42. The van der Waals surface area contributed by atoms with Crippen LogP contribution in [-0.4, -0.2) is 33.0 Å². The van der Waals surface area contributed by atoms with E-state index in [0.717, 1.165) is 24.2 Å². The van der Waals surface area contributed by atoms with E-state index in [2.05, 4.69) is 4.72 Å². The third-order valence-electron chi connectivity index (χ3n) is 4.36. The van der Waals surface area contributed by atoms with Gasteiger partial charge in [0.2, 0.25) is 10.0 Å². The molecule has 1 N–H and O–H groups in total. The van der Waals surface area contributed by atoms with E-state index in [-0.39, 0.29) is 12.3 Å². The van der Waals surface area contributed by atoms with E-state index in [0.29, 0.717) is 6.10 Å². The Bertz CT molecular complexity index is 604. The van der Waals surface area contributed by atoms with Crippen LogP contribution in [0, 0.1) is 0 Å². The summed E-state index contributed by atoms with van der Waals surface area (Å²) in [6, 6.07) is 7.64. The average molecular weight is 356 g/mol. The Hall–Kier alpha value is -1.11. The van der Waals surface area contributed by atoms with Gasteiger partial charge in [-0.3, -0.25) is 0 Å². The van der Waals surface area contributed by atoms with Crippen molar-refractivity contribution in [1.82, 2.24) is 4.72 Å². The van der Waals surface area contributed by atoms with Crippen molar-refractivity contribution in [3.8, 4) is 5.75 Å². The van der Waals surface area contributed by atoms with Crippen LogP contribution in [-0.2, 0) is 21.3 Å². The van der Waals surface area contributed by atoms with Crippen molar-refractivity contribution in [2.24, 2.45) is 0 Å². The summed E-state index contributed by atoms with van der Waals surface area (Å²) < 4.78 is 38.0. The van der Waals surface area contributed by atoms with Gasteiger partial charge in [-0.15, -0.1) is 0 Å². The molecule has 0 unspecified atom stereocenters. The monoisotopic (exact) mass is 355 g/mol. The van der Waals surface area contributed by atoms with Crippen molar-refractivity contribution in [3.63, 3.8) is 0 Å². The first-order valence-electron chi connectivity index (χ1n) is 8.58. The maximum atomic E-state index is 12.1. The zero-order valence-corrected chi connectivity index (χ0v) is 15.7. The summed E-state index contributed by atoms with van der Waals surface area (Å²) in [5.41, 5.74) is 0.202. The molecular weight excluding hydrogens is 326 g/mol. The van der Waals surface area contributed by atoms with Crippen molar-refractivity contribution < 1.29 is 17.9 Å². The van der Waals surface area contributed by atoms with Crippen LogP contribution in [0.3, 0.4) is 0 Å². The molecule has 0 saturated heterocycles. The summed E-state index contributed by atoms with van der Waals surface area (Å²) in [5.74, 6) is 0.786. The van der Waals surface area contributed by atoms with Crippen molar-refractivity contribution in [1.29, 1.82) is 0 Å². The fourth-order valence-corrected chi connectivity index (χ4v) is 4.34. The molecule has 0 bridgehead atoms. The smallest absolute Gasteiger partial charge is 0.214 e. The van der Waals surface area contributed by atoms with Gasteiger partial charge in [-0.25, -0.2) is 13.1 Å². The fraction of sp³-hybridized carbons (Fsp3) is 0.667. The molecule has 1 aromatic rings. The lowest BCUT2D eigenvalue weighted by atomic mass is 9.98. The second-order valence-electron chi connectivity index (χ2n) is 7.07. The van der Waals surface area contributed by atoms with Crippen molar-refractivity contribution in [2.45, 2.75) is 64.2 Å². The fourth-order valence-electron chi connectivity index (χ4n) is 2.82. The molecule has 0 radical (unpaired) electrons. The second-order valence-corrected chi connectivity index (χ2v) is 8.87. The van der Waals surface area contributed by atoms with Crippen molar-refractivity contribution >= 4 is 10.0 Å². The largest absolute Gasteiger partial charge is 0.490 e. The molecular formula is C18H29NO4S. The number of hydrogen-bond acceptors (Lipinski definition) is 4. The predicted molar refractivity (Wildman–Crippen MR) is 95.7 cm³/mol. The predicted octanol–water partition coefficient (Wildman–Crippen LogP) is 3.24. The SMILES string of the molecule is COC(C)(C)CS(=O)(=O)NCc1ccc(OC2CCCCC2)cc1. The van der Waals surface area contributed by atoms with Crippen LogP contribution in [0.2, 0.25) is 0 Å². The van der Waals surface area contributed by atoms with Gasteiger partial charge < -0.3 is 9.47 Å². The maximum Gasteiger partial charge on any atom is 0.214 e. The maximum absolute atomic E-state index is 12.1. The van der Waals surface area contributed by atoms with Gasteiger partial charge in [0.1, 0.15) is 5.75 Å². The summed E-state index contributed by atoms with van der Waals surface area (Å²) in [6.07, 6.45) is 6.34. The van der Waals surface area contributed by atoms with Gasteiger partial charge in [0.15, 0.2) is 0 Å². The highest BCUT2D eigenvalue weighted by Crippen LogP contribution is 2.23. The Morgan fingerprint density at radius 2 is 1.75 bits per heavy atom. The summed E-state index contributed by atoms with van der Waals surface area (Å²) in [5, 5.41) is 0. The highest BCUT2D eigenvalue weighted by Gasteiger charge is 2.25. The first-order chi connectivity index (χ1) is 11.3. The molecule has 24 heavy (non-hydrogen) atoms. The molecule has 1 aromatic carbocycles. The van der Waals surface area contributed by atoms with E-state index in [1.54, 1.807) is 13.8 Å². The van der Waals surface area contributed by atoms with Crippen LogP contribution >= 0.6 is 0 Å². The standard InChI is InChI=1S/C18H29NO4S/c1-18(2,22-3)14-24(20,21)19-13-15-9-11-17(12-10-15)23-16-7-5-4-6-8-16/h9-12,16,19H,4-8,13-14H2,1-3H3. The number of rotatable bonds is 8. The molecule has 1 fully saturated rings. The Balaban J connectivity index is 1.85. The topological polar surface area (TPSA) is 64.6 Å². The molecule has 0 aliphatic heterocycles. The molecule has 136 valence electrons. The summed E-state index contributed by atoms with van der Waals surface area (Å²) in [7, 11) is -1.87. The first-order valence-corrected chi connectivity index (χ1v) is 10.2. The van der Waals surface area contributed by atoms with Crippen LogP contribution < -0.4 is 9.46 Å². The van der Waals surface area contributed by atoms with Gasteiger partial charge in [-0.05, 0) is 57.2 Å². The Kier molecular flexibility index (Phi) is 6.66. The first kappa shape index (κ1) is 19.2. The highest BCUT2D eigenvalue weighted by molar-refractivity contribution is 7.89. The number of sulfonamides is 1. The molecule has 1 saturated carbocycles. The molecule has 1 aliphatic rings. The number of hydrogen-bond donors (Lipinski definition) is 1. The minimum Gasteiger partial charge on any atom is -0.490 e. The summed E-state index contributed by atoms with van der Waals surface area (Å²) in [4.78, 5) is 0. The van der Waals surface area contributed by atoms with Crippen LogP contribution in [0.5, 0.6) is 5.75 Å². The lowest BCUT2D eigenvalue weighted by molar-refractivity contribution is 0.0424. The highest BCUT2D eigenvalue weighted by atomic mass is 32.2. The van der Waals surface area contributed by atoms with Gasteiger partial charge in [-0.2, -0.15) is 0 Å².